The van der Waals surface area contributed by atoms with Crippen LogP contribution in [-0.2, 0) is 10.0 Å². The molecule has 2 aromatic rings. The topological polar surface area (TPSA) is 102 Å². The SMILES string of the molecule is COc1ccc(NS(=O)(=O)c2ccc(O)c(N)c2)cc1C. The number of hydrogen-bond donors (Lipinski definition) is 3. The molecule has 0 unspecified atom stereocenters. The largest absolute Gasteiger partial charge is 0.506 e. The van der Waals surface area contributed by atoms with Crippen molar-refractivity contribution in [2.75, 3.05) is 17.6 Å². The zero-order valence-electron chi connectivity index (χ0n) is 11.6. The first kappa shape index (κ1) is 15.0. The van der Waals surface area contributed by atoms with Crippen molar-refractivity contribution in [2.24, 2.45) is 0 Å². The third kappa shape index (κ3) is 3.19. The summed E-state index contributed by atoms with van der Waals surface area (Å²) >= 11 is 0. The number of nitrogens with one attached hydrogen (secondary N) is 1. The lowest BCUT2D eigenvalue weighted by Crippen LogP contribution is -2.13. The molecule has 0 radical (unpaired) electrons. The van der Waals surface area contributed by atoms with E-state index in [0.717, 1.165) is 5.56 Å². The molecule has 0 aromatic heterocycles. The third-order valence-electron chi connectivity index (χ3n) is 2.96. The van der Waals surface area contributed by atoms with E-state index in [2.05, 4.69) is 4.72 Å². The van der Waals surface area contributed by atoms with E-state index in [1.54, 1.807) is 25.3 Å². The number of nitrogen functional groups attached to an aromatic ring is 1. The highest BCUT2D eigenvalue weighted by Crippen LogP contribution is 2.26. The van der Waals surface area contributed by atoms with E-state index < -0.39 is 10.0 Å². The van der Waals surface area contributed by atoms with Crippen LogP contribution >= 0.6 is 0 Å². The minimum absolute atomic E-state index is 0.00351. The lowest BCUT2D eigenvalue weighted by molar-refractivity contribution is 0.412. The monoisotopic (exact) mass is 308 g/mol. The number of benzene rings is 2. The Labute approximate surface area is 123 Å². The molecule has 0 atom stereocenters. The minimum atomic E-state index is -3.77. The summed E-state index contributed by atoms with van der Waals surface area (Å²) in [7, 11) is -2.22. The van der Waals surface area contributed by atoms with E-state index in [-0.39, 0.29) is 16.3 Å². The first-order valence-electron chi connectivity index (χ1n) is 6.09. The maximum atomic E-state index is 12.3. The van der Waals surface area contributed by atoms with Crippen molar-refractivity contribution in [2.45, 2.75) is 11.8 Å². The Morgan fingerprint density at radius 2 is 1.90 bits per heavy atom. The average molecular weight is 308 g/mol. The Morgan fingerprint density at radius 1 is 1.19 bits per heavy atom. The molecule has 0 heterocycles. The molecule has 2 rings (SSSR count). The van der Waals surface area contributed by atoms with Crippen LogP contribution < -0.4 is 15.2 Å². The number of aromatic hydroxyl groups is 1. The summed E-state index contributed by atoms with van der Waals surface area (Å²) in [5.74, 6) is 0.515. The van der Waals surface area contributed by atoms with Gasteiger partial charge in [0.25, 0.3) is 10.0 Å². The van der Waals surface area contributed by atoms with E-state index >= 15 is 0 Å². The second-order valence-corrected chi connectivity index (χ2v) is 6.19. The average Bonchev–Trinajstić information content (AvgIpc) is 2.41. The lowest BCUT2D eigenvalue weighted by Gasteiger charge is -2.11. The number of aryl methyl sites for hydroxylation is 1. The van der Waals surface area contributed by atoms with Gasteiger partial charge in [-0.15, -0.1) is 0 Å². The summed E-state index contributed by atoms with van der Waals surface area (Å²) in [6, 6.07) is 8.67. The molecule has 21 heavy (non-hydrogen) atoms. The molecule has 0 saturated carbocycles. The predicted molar refractivity (Wildman–Crippen MR) is 81.1 cm³/mol. The van der Waals surface area contributed by atoms with Crippen molar-refractivity contribution in [3.05, 3.63) is 42.0 Å². The van der Waals surface area contributed by atoms with Crippen molar-refractivity contribution in [1.29, 1.82) is 0 Å². The van der Waals surface area contributed by atoms with E-state index in [0.29, 0.717) is 11.4 Å². The third-order valence-corrected chi connectivity index (χ3v) is 4.34. The Balaban J connectivity index is 2.32. The molecule has 4 N–H and O–H groups in total. The van der Waals surface area contributed by atoms with Gasteiger partial charge in [0.05, 0.1) is 17.7 Å². The van der Waals surface area contributed by atoms with Crippen molar-refractivity contribution < 1.29 is 18.3 Å². The molecule has 0 fully saturated rings. The van der Waals surface area contributed by atoms with Gasteiger partial charge in [0.15, 0.2) is 0 Å². The van der Waals surface area contributed by atoms with Crippen molar-refractivity contribution in [3.8, 4) is 11.5 Å². The molecule has 112 valence electrons. The second-order valence-electron chi connectivity index (χ2n) is 4.51. The van der Waals surface area contributed by atoms with Gasteiger partial charge in [-0.05, 0) is 48.9 Å². The van der Waals surface area contributed by atoms with Crippen molar-refractivity contribution in [3.63, 3.8) is 0 Å². The predicted octanol–water partition coefficient (Wildman–Crippen LogP) is 2.09. The van der Waals surface area contributed by atoms with Crippen molar-refractivity contribution in [1.82, 2.24) is 0 Å². The van der Waals surface area contributed by atoms with Crippen LogP contribution in [0.3, 0.4) is 0 Å². The summed E-state index contributed by atoms with van der Waals surface area (Å²) in [5, 5.41) is 9.34. The highest BCUT2D eigenvalue weighted by Gasteiger charge is 2.16. The summed E-state index contributed by atoms with van der Waals surface area (Å²) < 4.78 is 32.1. The Morgan fingerprint density at radius 3 is 2.48 bits per heavy atom. The Bertz CT molecular complexity index is 773. The van der Waals surface area contributed by atoms with E-state index in [9.17, 15) is 13.5 Å². The fraction of sp³-hybridized carbons (Fsp3) is 0.143. The normalized spacial score (nSPS) is 11.1. The van der Waals surface area contributed by atoms with E-state index in [4.69, 9.17) is 10.5 Å². The molecule has 0 aliphatic rings. The molecular weight excluding hydrogens is 292 g/mol. The zero-order chi connectivity index (χ0) is 15.6. The van der Waals surface area contributed by atoms with Gasteiger partial charge in [-0.2, -0.15) is 0 Å². The highest BCUT2D eigenvalue weighted by atomic mass is 32.2. The number of nitrogens with two attached hydrogens (primary N) is 1. The van der Waals surface area contributed by atoms with Crippen LogP contribution in [0.2, 0.25) is 0 Å². The Hall–Kier alpha value is -2.41. The zero-order valence-corrected chi connectivity index (χ0v) is 12.4. The molecule has 7 heteroatoms. The smallest absolute Gasteiger partial charge is 0.261 e. The van der Waals surface area contributed by atoms with Gasteiger partial charge < -0.3 is 15.6 Å². The minimum Gasteiger partial charge on any atom is -0.506 e. The number of ether oxygens (including phenoxy) is 1. The summed E-state index contributed by atoms with van der Waals surface area (Å²) in [4.78, 5) is -0.0220. The van der Waals surface area contributed by atoms with Gasteiger partial charge in [-0.3, -0.25) is 4.72 Å². The van der Waals surface area contributed by atoms with Gasteiger partial charge in [0.2, 0.25) is 0 Å². The fourth-order valence-electron chi connectivity index (χ4n) is 1.86. The number of phenols is 1. The Kier molecular flexibility index (Phi) is 3.95. The molecule has 0 saturated heterocycles. The van der Waals surface area contributed by atoms with Crippen LogP contribution in [0.5, 0.6) is 11.5 Å². The van der Waals surface area contributed by atoms with Gasteiger partial charge in [0.1, 0.15) is 11.5 Å². The molecule has 0 spiro atoms. The standard InChI is InChI=1S/C14H16N2O4S/c1-9-7-10(3-6-14(9)20-2)16-21(18,19)11-4-5-13(17)12(15)8-11/h3-8,16-17H,15H2,1-2H3. The number of sulfonamides is 1. The van der Waals surface area contributed by atoms with Crippen LogP contribution in [0, 0.1) is 6.92 Å². The van der Waals surface area contributed by atoms with Gasteiger partial charge in [0, 0.05) is 5.69 Å². The maximum Gasteiger partial charge on any atom is 0.261 e. The maximum absolute atomic E-state index is 12.3. The molecular formula is C14H16N2O4S. The van der Waals surface area contributed by atoms with Gasteiger partial charge in [-0.1, -0.05) is 0 Å². The molecule has 0 aliphatic heterocycles. The van der Waals surface area contributed by atoms with Crippen LogP contribution in [0.4, 0.5) is 11.4 Å². The quantitative estimate of drug-likeness (QED) is 0.593. The van der Waals surface area contributed by atoms with Crippen LogP contribution in [-0.4, -0.2) is 20.6 Å². The van der Waals surface area contributed by atoms with Crippen LogP contribution in [0.1, 0.15) is 5.56 Å². The molecule has 0 aliphatic carbocycles. The number of rotatable bonds is 4. The first-order valence-corrected chi connectivity index (χ1v) is 7.58. The lowest BCUT2D eigenvalue weighted by atomic mass is 10.2. The summed E-state index contributed by atoms with van der Waals surface area (Å²) in [5.41, 5.74) is 6.74. The number of phenolic OH excluding ortho intramolecular Hbond substituents is 1. The van der Waals surface area contributed by atoms with Gasteiger partial charge >= 0.3 is 0 Å². The number of hydrogen-bond acceptors (Lipinski definition) is 5. The number of anilines is 2. The summed E-state index contributed by atoms with van der Waals surface area (Å²) in [6.45, 7) is 1.81. The highest BCUT2D eigenvalue weighted by molar-refractivity contribution is 7.92. The van der Waals surface area contributed by atoms with E-state index in [1.807, 2.05) is 6.92 Å². The van der Waals surface area contributed by atoms with Crippen LogP contribution in [0.25, 0.3) is 0 Å². The summed E-state index contributed by atoms with van der Waals surface area (Å²) in [6.07, 6.45) is 0. The molecule has 2 aromatic carbocycles. The molecule has 0 amide bonds. The van der Waals surface area contributed by atoms with Gasteiger partial charge in [-0.25, -0.2) is 8.42 Å². The molecule has 6 nitrogen and oxygen atoms in total. The fourth-order valence-corrected chi connectivity index (χ4v) is 2.94. The molecule has 0 bridgehead atoms. The van der Waals surface area contributed by atoms with Crippen molar-refractivity contribution >= 4 is 21.4 Å². The van der Waals surface area contributed by atoms with Crippen LogP contribution in [0.15, 0.2) is 41.3 Å². The second kappa shape index (κ2) is 5.53. The number of methoxy groups -OCH3 is 1. The first-order chi connectivity index (χ1) is 9.83. The van der Waals surface area contributed by atoms with E-state index in [1.165, 1.54) is 18.2 Å².